The Kier molecular flexibility index (Phi) is 5.21. The van der Waals surface area contributed by atoms with Gasteiger partial charge in [-0.1, -0.05) is 24.3 Å². The second-order valence-electron chi connectivity index (χ2n) is 4.55. The van der Waals surface area contributed by atoms with Crippen molar-refractivity contribution in [2.45, 2.75) is 6.92 Å². The molecule has 7 nitrogen and oxygen atoms in total. The first-order valence-electron chi connectivity index (χ1n) is 6.62. The monoisotopic (exact) mass is 330 g/mol. The van der Waals surface area contributed by atoms with Gasteiger partial charge in [0, 0.05) is 11.6 Å². The molecule has 2 rings (SSSR count). The third-order valence-electron chi connectivity index (χ3n) is 2.97. The van der Waals surface area contributed by atoms with Crippen LogP contribution >= 0.6 is 12.2 Å². The van der Waals surface area contributed by atoms with Crippen molar-refractivity contribution in [3.05, 3.63) is 64.2 Å². The Bertz CT molecular complexity index is 777. The van der Waals surface area contributed by atoms with Gasteiger partial charge in [0.05, 0.1) is 10.6 Å². The number of anilines is 1. The average molecular weight is 330 g/mol. The summed E-state index contributed by atoms with van der Waals surface area (Å²) in [5.74, 6) is 0.105. The molecule has 0 atom stereocenters. The Balaban J connectivity index is 2.08. The lowest BCUT2D eigenvalue weighted by Crippen LogP contribution is -2.25. The van der Waals surface area contributed by atoms with Crippen LogP contribution in [0.4, 0.5) is 11.4 Å². The number of hydrogen-bond donors (Lipinski definition) is 3. The third-order valence-corrected chi connectivity index (χ3v) is 3.16. The summed E-state index contributed by atoms with van der Waals surface area (Å²) in [7, 11) is 0. The van der Waals surface area contributed by atoms with Crippen LogP contribution in [0.5, 0.6) is 5.75 Å². The Labute approximate surface area is 137 Å². The summed E-state index contributed by atoms with van der Waals surface area (Å²) in [5.41, 5.74) is 3.87. The summed E-state index contributed by atoms with van der Waals surface area (Å²) in [6, 6.07) is 12.9. The fraction of sp³-hybridized carbons (Fsp3) is 0.0667. The van der Waals surface area contributed by atoms with Gasteiger partial charge in [0.25, 0.3) is 5.69 Å². The summed E-state index contributed by atoms with van der Waals surface area (Å²) >= 11 is 5.07. The zero-order chi connectivity index (χ0) is 16.8. The number of nitro groups is 1. The lowest BCUT2D eigenvalue weighted by atomic mass is 10.1. The molecular weight excluding hydrogens is 316 g/mol. The van der Waals surface area contributed by atoms with Gasteiger partial charge in [-0.05, 0) is 37.3 Å². The van der Waals surface area contributed by atoms with Crippen molar-refractivity contribution in [1.82, 2.24) is 5.43 Å². The number of phenols is 1. The quantitative estimate of drug-likeness (QED) is 0.345. The van der Waals surface area contributed by atoms with E-state index in [-0.39, 0.29) is 22.2 Å². The largest absolute Gasteiger partial charge is 0.507 e. The molecule has 2 aromatic rings. The van der Waals surface area contributed by atoms with Gasteiger partial charge in [-0.2, -0.15) is 5.10 Å². The number of phenolic OH excluding ortho intramolecular Hbond substituents is 1. The lowest BCUT2D eigenvalue weighted by Gasteiger charge is -2.09. The molecule has 118 valence electrons. The lowest BCUT2D eigenvalue weighted by molar-refractivity contribution is -0.383. The van der Waals surface area contributed by atoms with E-state index in [2.05, 4.69) is 15.8 Å². The number of nitrogens with zero attached hydrogens (tertiary/aromatic N) is 2. The number of benzene rings is 2. The highest BCUT2D eigenvalue weighted by Gasteiger charge is 2.13. The molecule has 0 aliphatic carbocycles. The number of para-hydroxylation sites is 3. The van der Waals surface area contributed by atoms with Crippen LogP contribution in [-0.4, -0.2) is 20.9 Å². The second kappa shape index (κ2) is 7.32. The van der Waals surface area contributed by atoms with Crippen LogP contribution in [0.2, 0.25) is 0 Å². The third kappa shape index (κ3) is 4.24. The highest BCUT2D eigenvalue weighted by Crippen LogP contribution is 2.23. The molecule has 0 radical (unpaired) electrons. The molecule has 0 bridgehead atoms. The van der Waals surface area contributed by atoms with Crippen LogP contribution in [0.15, 0.2) is 53.6 Å². The van der Waals surface area contributed by atoms with Crippen LogP contribution in [0, 0.1) is 10.1 Å². The van der Waals surface area contributed by atoms with Crippen molar-refractivity contribution >= 4 is 34.4 Å². The predicted octanol–water partition coefficient (Wildman–Crippen LogP) is 3.01. The molecular formula is C15H14N4O3S. The molecule has 0 heterocycles. The van der Waals surface area contributed by atoms with Crippen LogP contribution in [0.1, 0.15) is 12.5 Å². The van der Waals surface area contributed by atoms with Crippen molar-refractivity contribution in [2.24, 2.45) is 5.10 Å². The molecule has 0 aliphatic heterocycles. The number of rotatable bonds is 4. The van der Waals surface area contributed by atoms with Crippen molar-refractivity contribution in [3.63, 3.8) is 0 Å². The van der Waals surface area contributed by atoms with E-state index in [0.717, 1.165) is 0 Å². The topological polar surface area (TPSA) is 99.8 Å². The normalized spacial score (nSPS) is 10.9. The number of hydrazone groups is 1. The zero-order valence-electron chi connectivity index (χ0n) is 12.2. The number of aromatic hydroxyl groups is 1. The van der Waals surface area contributed by atoms with Crippen molar-refractivity contribution in [2.75, 3.05) is 5.32 Å². The fourth-order valence-corrected chi connectivity index (χ4v) is 2.02. The molecule has 0 saturated carbocycles. The van der Waals surface area contributed by atoms with Crippen LogP contribution in [-0.2, 0) is 0 Å². The first-order chi connectivity index (χ1) is 11.0. The van der Waals surface area contributed by atoms with Gasteiger partial charge in [-0.15, -0.1) is 0 Å². The van der Waals surface area contributed by atoms with Gasteiger partial charge in [0.2, 0.25) is 0 Å². The van der Waals surface area contributed by atoms with E-state index < -0.39 is 4.92 Å². The average Bonchev–Trinajstić information content (AvgIpc) is 2.53. The summed E-state index contributed by atoms with van der Waals surface area (Å²) in [5, 5.41) is 27.6. The molecule has 0 amide bonds. The number of nitrogens with one attached hydrogen (secondary N) is 2. The van der Waals surface area contributed by atoms with Crippen molar-refractivity contribution < 1.29 is 10.0 Å². The summed E-state index contributed by atoms with van der Waals surface area (Å²) in [6.07, 6.45) is 0. The molecule has 0 aromatic heterocycles. The highest BCUT2D eigenvalue weighted by molar-refractivity contribution is 7.80. The molecule has 2 aromatic carbocycles. The maximum Gasteiger partial charge on any atom is 0.292 e. The Morgan fingerprint density at radius 2 is 1.87 bits per heavy atom. The number of thiocarbonyl (C=S) groups is 1. The first kappa shape index (κ1) is 16.4. The fourth-order valence-electron chi connectivity index (χ4n) is 1.86. The first-order valence-corrected chi connectivity index (χ1v) is 7.03. The SMILES string of the molecule is C/C(=N\NC(=S)Nc1ccccc1[N+](=O)[O-])c1ccccc1O. The highest BCUT2D eigenvalue weighted by atomic mass is 32.1. The minimum Gasteiger partial charge on any atom is -0.507 e. The number of nitro benzene ring substituents is 1. The predicted molar refractivity (Wildman–Crippen MR) is 92.8 cm³/mol. The Hall–Kier alpha value is -3.00. The second-order valence-corrected chi connectivity index (χ2v) is 4.96. The molecule has 8 heteroatoms. The van der Waals surface area contributed by atoms with E-state index in [0.29, 0.717) is 11.3 Å². The molecule has 0 aliphatic rings. The van der Waals surface area contributed by atoms with E-state index in [4.69, 9.17) is 12.2 Å². The van der Waals surface area contributed by atoms with E-state index >= 15 is 0 Å². The van der Waals surface area contributed by atoms with E-state index in [1.165, 1.54) is 6.07 Å². The molecule has 3 N–H and O–H groups in total. The van der Waals surface area contributed by atoms with Gasteiger partial charge in [-0.3, -0.25) is 15.5 Å². The molecule has 0 fully saturated rings. The number of hydrogen-bond acceptors (Lipinski definition) is 5. The minimum atomic E-state index is -0.499. The summed E-state index contributed by atoms with van der Waals surface area (Å²) in [4.78, 5) is 10.4. The zero-order valence-corrected chi connectivity index (χ0v) is 13.0. The van der Waals surface area contributed by atoms with Crippen LogP contribution in [0.3, 0.4) is 0 Å². The summed E-state index contributed by atoms with van der Waals surface area (Å²) < 4.78 is 0. The van der Waals surface area contributed by atoms with Crippen molar-refractivity contribution in [1.29, 1.82) is 0 Å². The van der Waals surface area contributed by atoms with Gasteiger partial charge >= 0.3 is 0 Å². The molecule has 0 unspecified atom stereocenters. The van der Waals surface area contributed by atoms with Gasteiger partial charge in [-0.25, -0.2) is 0 Å². The molecule has 0 spiro atoms. The van der Waals surface area contributed by atoms with Gasteiger partial charge in [0.15, 0.2) is 5.11 Å². The molecule has 0 saturated heterocycles. The standard InChI is InChI=1S/C15H14N4O3S/c1-10(11-6-2-5-9-14(11)20)17-18-15(23)16-12-7-3-4-8-13(12)19(21)22/h2-9,20H,1H3,(H2,16,18,23)/b17-10+. The van der Waals surface area contributed by atoms with Crippen LogP contribution in [0.25, 0.3) is 0 Å². The molecule has 23 heavy (non-hydrogen) atoms. The van der Waals surface area contributed by atoms with Gasteiger partial charge < -0.3 is 10.4 Å². The van der Waals surface area contributed by atoms with Crippen molar-refractivity contribution in [3.8, 4) is 5.75 Å². The summed E-state index contributed by atoms with van der Waals surface area (Å²) in [6.45, 7) is 1.70. The van der Waals surface area contributed by atoms with E-state index in [1.54, 1.807) is 49.4 Å². The smallest absolute Gasteiger partial charge is 0.292 e. The van der Waals surface area contributed by atoms with Crippen LogP contribution < -0.4 is 10.7 Å². The van der Waals surface area contributed by atoms with E-state index in [9.17, 15) is 15.2 Å². The minimum absolute atomic E-state index is 0.0851. The van der Waals surface area contributed by atoms with E-state index in [1.807, 2.05) is 0 Å². The maximum absolute atomic E-state index is 10.9. The Morgan fingerprint density at radius 3 is 2.57 bits per heavy atom. The maximum atomic E-state index is 10.9. The van der Waals surface area contributed by atoms with Gasteiger partial charge in [0.1, 0.15) is 11.4 Å². The Morgan fingerprint density at radius 1 is 1.22 bits per heavy atom.